The van der Waals surface area contributed by atoms with Gasteiger partial charge < -0.3 is 10.1 Å². The molecule has 0 saturated carbocycles. The van der Waals surface area contributed by atoms with E-state index in [0.29, 0.717) is 0 Å². The van der Waals surface area contributed by atoms with Gasteiger partial charge in [-0.3, -0.25) is 4.68 Å². The van der Waals surface area contributed by atoms with E-state index in [1.54, 1.807) is 7.11 Å². The topological polar surface area (TPSA) is 39.1 Å². The van der Waals surface area contributed by atoms with Crippen molar-refractivity contribution in [3.63, 3.8) is 0 Å². The predicted molar refractivity (Wildman–Crippen MR) is 65.3 cm³/mol. The Morgan fingerprint density at radius 3 is 2.62 bits per heavy atom. The number of hydrogen-bond donors (Lipinski definition) is 1. The van der Waals surface area contributed by atoms with Crippen LogP contribution in [-0.2, 0) is 11.8 Å². The van der Waals surface area contributed by atoms with Crippen LogP contribution in [0.25, 0.3) is 0 Å². The molecule has 1 rings (SSSR count). The highest BCUT2D eigenvalue weighted by Crippen LogP contribution is 2.30. The zero-order valence-electron chi connectivity index (χ0n) is 10.9. The van der Waals surface area contributed by atoms with Crippen molar-refractivity contribution in [3.05, 3.63) is 18.0 Å². The lowest BCUT2D eigenvalue weighted by Crippen LogP contribution is -2.43. The molecule has 0 aliphatic heterocycles. The molecule has 1 aromatic heterocycles. The third-order valence-corrected chi connectivity index (χ3v) is 3.22. The molecule has 0 amide bonds. The number of aryl methyl sites for hydroxylation is 1. The summed E-state index contributed by atoms with van der Waals surface area (Å²) in [6.07, 6.45) is 2.91. The zero-order valence-corrected chi connectivity index (χ0v) is 10.9. The second-order valence-electron chi connectivity index (χ2n) is 4.28. The largest absolute Gasteiger partial charge is 0.376 e. The summed E-state index contributed by atoms with van der Waals surface area (Å²) >= 11 is 0. The molecule has 2 atom stereocenters. The highest BCUT2D eigenvalue weighted by molar-refractivity contribution is 5.11. The van der Waals surface area contributed by atoms with Crippen LogP contribution in [0.1, 0.15) is 38.9 Å². The minimum Gasteiger partial charge on any atom is -0.376 e. The quantitative estimate of drug-likeness (QED) is 0.803. The van der Waals surface area contributed by atoms with Gasteiger partial charge in [-0.2, -0.15) is 5.10 Å². The molecule has 16 heavy (non-hydrogen) atoms. The lowest BCUT2D eigenvalue weighted by atomic mass is 9.90. The lowest BCUT2D eigenvalue weighted by Gasteiger charge is -2.35. The SMILES string of the molecule is CCNC(c1ccn(C)n1)C(C)(CC)OC. The van der Waals surface area contributed by atoms with Crippen molar-refractivity contribution in [2.24, 2.45) is 7.05 Å². The molecule has 1 N–H and O–H groups in total. The second kappa shape index (κ2) is 5.46. The summed E-state index contributed by atoms with van der Waals surface area (Å²) in [7, 11) is 3.69. The highest BCUT2D eigenvalue weighted by atomic mass is 16.5. The molecule has 0 aliphatic rings. The maximum Gasteiger partial charge on any atom is 0.0858 e. The van der Waals surface area contributed by atoms with Gasteiger partial charge in [0.05, 0.1) is 17.3 Å². The molecule has 0 spiro atoms. The van der Waals surface area contributed by atoms with Crippen molar-refractivity contribution in [3.8, 4) is 0 Å². The van der Waals surface area contributed by atoms with Gasteiger partial charge in [0.15, 0.2) is 0 Å². The Kier molecular flexibility index (Phi) is 4.50. The Morgan fingerprint density at radius 1 is 1.56 bits per heavy atom. The van der Waals surface area contributed by atoms with E-state index in [4.69, 9.17) is 4.74 Å². The standard InChI is InChI=1S/C12H23N3O/c1-6-12(3,16-5)11(13-7-2)10-8-9-15(4)14-10/h8-9,11,13H,6-7H2,1-5H3. The van der Waals surface area contributed by atoms with Crippen LogP contribution in [0, 0.1) is 0 Å². The minimum absolute atomic E-state index is 0.133. The molecule has 4 nitrogen and oxygen atoms in total. The first-order chi connectivity index (χ1) is 7.57. The van der Waals surface area contributed by atoms with E-state index >= 15 is 0 Å². The molecule has 1 aromatic rings. The van der Waals surface area contributed by atoms with Crippen molar-refractivity contribution in [1.82, 2.24) is 15.1 Å². The summed E-state index contributed by atoms with van der Waals surface area (Å²) in [5, 5.41) is 7.92. The predicted octanol–water partition coefficient (Wildman–Crippen LogP) is 1.89. The number of nitrogens with one attached hydrogen (secondary N) is 1. The number of aromatic nitrogens is 2. The maximum absolute atomic E-state index is 5.65. The molecule has 0 saturated heterocycles. The Balaban J connectivity index is 2.98. The number of rotatable bonds is 6. The van der Waals surface area contributed by atoms with Gasteiger partial charge in [0.1, 0.15) is 0 Å². The summed E-state index contributed by atoms with van der Waals surface area (Å²) in [5.74, 6) is 0. The highest BCUT2D eigenvalue weighted by Gasteiger charge is 2.34. The molecule has 4 heteroatoms. The van der Waals surface area contributed by atoms with E-state index in [0.717, 1.165) is 18.7 Å². The fourth-order valence-electron chi connectivity index (χ4n) is 1.89. The van der Waals surface area contributed by atoms with E-state index in [1.807, 2.05) is 24.0 Å². The molecule has 0 bridgehead atoms. The zero-order chi connectivity index (χ0) is 12.2. The third-order valence-electron chi connectivity index (χ3n) is 3.22. The molecule has 1 heterocycles. The molecule has 2 unspecified atom stereocenters. The molecular formula is C12H23N3O. The normalized spacial score (nSPS) is 17.1. The van der Waals surface area contributed by atoms with Gasteiger partial charge in [-0.25, -0.2) is 0 Å². The van der Waals surface area contributed by atoms with Crippen LogP contribution in [-0.4, -0.2) is 29.0 Å². The Labute approximate surface area is 98.0 Å². The van der Waals surface area contributed by atoms with Crippen LogP contribution in [0.4, 0.5) is 0 Å². The monoisotopic (exact) mass is 225 g/mol. The fourth-order valence-corrected chi connectivity index (χ4v) is 1.89. The summed E-state index contributed by atoms with van der Waals surface area (Å²) in [6, 6.07) is 2.17. The molecule has 0 fully saturated rings. The Bertz CT molecular complexity index is 318. The maximum atomic E-state index is 5.65. The molecular weight excluding hydrogens is 202 g/mol. The van der Waals surface area contributed by atoms with Gasteiger partial charge in [0.25, 0.3) is 0 Å². The van der Waals surface area contributed by atoms with Crippen LogP contribution >= 0.6 is 0 Å². The van der Waals surface area contributed by atoms with E-state index in [9.17, 15) is 0 Å². The molecule has 0 aliphatic carbocycles. The van der Waals surface area contributed by atoms with E-state index < -0.39 is 0 Å². The first-order valence-corrected chi connectivity index (χ1v) is 5.85. The number of ether oxygens (including phenoxy) is 1. The van der Waals surface area contributed by atoms with E-state index in [2.05, 4.69) is 31.2 Å². The molecule has 92 valence electrons. The Hall–Kier alpha value is -0.870. The smallest absolute Gasteiger partial charge is 0.0858 e. The van der Waals surface area contributed by atoms with E-state index in [-0.39, 0.29) is 11.6 Å². The van der Waals surface area contributed by atoms with Crippen molar-refractivity contribution in [2.45, 2.75) is 38.8 Å². The van der Waals surface area contributed by atoms with Crippen LogP contribution in [0.5, 0.6) is 0 Å². The van der Waals surface area contributed by atoms with Crippen LogP contribution in [0.15, 0.2) is 12.3 Å². The minimum atomic E-state index is -0.218. The van der Waals surface area contributed by atoms with Crippen molar-refractivity contribution >= 4 is 0 Å². The number of methoxy groups -OCH3 is 1. The summed E-state index contributed by atoms with van der Waals surface area (Å²) in [4.78, 5) is 0. The van der Waals surface area contributed by atoms with Gasteiger partial charge in [-0.15, -0.1) is 0 Å². The lowest BCUT2D eigenvalue weighted by molar-refractivity contribution is -0.0308. The van der Waals surface area contributed by atoms with Gasteiger partial charge in [-0.05, 0) is 26.0 Å². The number of likely N-dealkylation sites (N-methyl/N-ethyl adjacent to an activating group) is 1. The van der Waals surface area contributed by atoms with Gasteiger partial charge in [-0.1, -0.05) is 13.8 Å². The summed E-state index contributed by atoms with van der Waals surface area (Å²) in [6.45, 7) is 7.26. The first kappa shape index (κ1) is 13.2. The third kappa shape index (κ3) is 2.62. The number of hydrogen-bond acceptors (Lipinski definition) is 3. The fraction of sp³-hybridized carbons (Fsp3) is 0.750. The molecule has 0 radical (unpaired) electrons. The van der Waals surface area contributed by atoms with Gasteiger partial charge in [0, 0.05) is 20.4 Å². The van der Waals surface area contributed by atoms with Crippen LogP contribution in [0.3, 0.4) is 0 Å². The van der Waals surface area contributed by atoms with Gasteiger partial charge >= 0.3 is 0 Å². The average molecular weight is 225 g/mol. The number of nitrogens with zero attached hydrogens (tertiary/aromatic N) is 2. The van der Waals surface area contributed by atoms with Crippen molar-refractivity contribution in [2.75, 3.05) is 13.7 Å². The van der Waals surface area contributed by atoms with Crippen molar-refractivity contribution in [1.29, 1.82) is 0 Å². The van der Waals surface area contributed by atoms with Crippen LogP contribution in [0.2, 0.25) is 0 Å². The van der Waals surface area contributed by atoms with E-state index in [1.165, 1.54) is 0 Å². The van der Waals surface area contributed by atoms with Crippen molar-refractivity contribution < 1.29 is 4.74 Å². The second-order valence-corrected chi connectivity index (χ2v) is 4.28. The summed E-state index contributed by atoms with van der Waals surface area (Å²) < 4.78 is 7.48. The average Bonchev–Trinajstić information content (AvgIpc) is 2.71. The Morgan fingerprint density at radius 2 is 2.25 bits per heavy atom. The van der Waals surface area contributed by atoms with Crippen LogP contribution < -0.4 is 5.32 Å². The first-order valence-electron chi connectivity index (χ1n) is 5.85. The van der Waals surface area contributed by atoms with Gasteiger partial charge in [0.2, 0.25) is 0 Å². The summed E-state index contributed by atoms with van der Waals surface area (Å²) in [5.41, 5.74) is 0.820. The molecule has 0 aromatic carbocycles.